The third-order valence-electron chi connectivity index (χ3n) is 3.59. The highest BCUT2D eigenvalue weighted by molar-refractivity contribution is 7.99. The molecule has 3 nitrogen and oxygen atoms in total. The fourth-order valence-corrected chi connectivity index (χ4v) is 3.17. The van der Waals surface area contributed by atoms with Gasteiger partial charge < -0.3 is 9.88 Å². The van der Waals surface area contributed by atoms with Gasteiger partial charge in [0.25, 0.3) is 0 Å². The van der Waals surface area contributed by atoms with Gasteiger partial charge in [-0.1, -0.05) is 26.0 Å². The van der Waals surface area contributed by atoms with Crippen LogP contribution < -0.4 is 5.32 Å². The van der Waals surface area contributed by atoms with Crippen LogP contribution in [0.1, 0.15) is 37.7 Å². The van der Waals surface area contributed by atoms with E-state index in [0.717, 1.165) is 31.0 Å². The summed E-state index contributed by atoms with van der Waals surface area (Å²) in [7, 11) is 2.02. The van der Waals surface area contributed by atoms with Gasteiger partial charge in [0.05, 0.1) is 0 Å². The fourth-order valence-electron chi connectivity index (χ4n) is 2.51. The summed E-state index contributed by atoms with van der Waals surface area (Å²) in [5.74, 6) is 2.27. The Kier molecular flexibility index (Phi) is 6.33. The summed E-state index contributed by atoms with van der Waals surface area (Å²) in [6.07, 6.45) is 6.03. The Balaban J connectivity index is 2.10. The molecule has 1 aromatic heterocycles. The highest BCUT2D eigenvalue weighted by atomic mass is 32.2. The van der Waals surface area contributed by atoms with Gasteiger partial charge in [-0.2, -0.15) is 0 Å². The van der Waals surface area contributed by atoms with Crippen LogP contribution in [0, 0.1) is 0 Å². The summed E-state index contributed by atoms with van der Waals surface area (Å²) in [5, 5.41) is 3.42. The zero-order valence-corrected chi connectivity index (χ0v) is 14.0. The Labute approximate surface area is 132 Å². The topological polar surface area (TPSA) is 29.9 Å². The fraction of sp³-hybridized carbons (Fsp3) is 0.471. The molecule has 1 unspecified atom stereocenters. The van der Waals surface area contributed by atoms with Crippen LogP contribution in [-0.4, -0.2) is 22.4 Å². The zero-order valence-electron chi connectivity index (χ0n) is 13.2. The van der Waals surface area contributed by atoms with E-state index in [1.807, 2.05) is 25.0 Å². The summed E-state index contributed by atoms with van der Waals surface area (Å²) in [5.41, 5.74) is 1.32. The number of aromatic nitrogens is 2. The lowest BCUT2D eigenvalue weighted by Gasteiger charge is -2.17. The molecule has 0 aliphatic carbocycles. The molecule has 0 amide bonds. The third-order valence-corrected chi connectivity index (χ3v) is 4.49. The summed E-state index contributed by atoms with van der Waals surface area (Å²) >= 11 is 1.88. The molecule has 0 radical (unpaired) electrons. The smallest absolute Gasteiger partial charge is 0.110 e. The standard InChI is InChI=1S/C17H25N3S/c1-4-11-20-12-10-19-17(20)13-16(18-3)14-6-8-15(9-7-14)21-5-2/h6-10,12,16,18H,4-5,11,13H2,1-3H3. The predicted octanol–water partition coefficient (Wildman–Crippen LogP) is 3.91. The van der Waals surface area contributed by atoms with Crippen molar-refractivity contribution in [3.63, 3.8) is 0 Å². The van der Waals surface area contributed by atoms with E-state index >= 15 is 0 Å². The van der Waals surface area contributed by atoms with Crippen molar-refractivity contribution in [2.45, 2.75) is 44.2 Å². The number of likely N-dealkylation sites (N-methyl/N-ethyl adjacent to an activating group) is 1. The van der Waals surface area contributed by atoms with Crippen LogP contribution >= 0.6 is 11.8 Å². The first-order valence-corrected chi connectivity index (χ1v) is 8.67. The van der Waals surface area contributed by atoms with E-state index in [0.29, 0.717) is 6.04 Å². The normalized spacial score (nSPS) is 12.5. The van der Waals surface area contributed by atoms with Crippen molar-refractivity contribution in [1.82, 2.24) is 14.9 Å². The maximum absolute atomic E-state index is 4.51. The van der Waals surface area contributed by atoms with Crippen molar-refractivity contribution in [1.29, 1.82) is 0 Å². The maximum Gasteiger partial charge on any atom is 0.110 e. The molecular formula is C17H25N3S. The first kappa shape index (κ1) is 16.1. The maximum atomic E-state index is 4.51. The first-order chi connectivity index (χ1) is 10.3. The van der Waals surface area contributed by atoms with E-state index in [-0.39, 0.29) is 0 Å². The van der Waals surface area contributed by atoms with E-state index < -0.39 is 0 Å². The van der Waals surface area contributed by atoms with Crippen molar-refractivity contribution in [3.05, 3.63) is 48.0 Å². The van der Waals surface area contributed by atoms with Gasteiger partial charge in [0.1, 0.15) is 5.82 Å². The van der Waals surface area contributed by atoms with Gasteiger partial charge >= 0.3 is 0 Å². The van der Waals surface area contributed by atoms with Gasteiger partial charge in [-0.25, -0.2) is 4.98 Å². The van der Waals surface area contributed by atoms with Crippen LogP contribution in [0.25, 0.3) is 0 Å². The van der Waals surface area contributed by atoms with Crippen LogP contribution in [0.4, 0.5) is 0 Å². The third kappa shape index (κ3) is 4.35. The number of thioether (sulfide) groups is 1. The van der Waals surface area contributed by atoms with Gasteiger partial charge in [-0.3, -0.25) is 0 Å². The van der Waals surface area contributed by atoms with Gasteiger partial charge in [0.2, 0.25) is 0 Å². The lowest BCUT2D eigenvalue weighted by atomic mass is 10.0. The SMILES string of the molecule is CCCn1ccnc1CC(NC)c1ccc(SCC)cc1. The van der Waals surface area contributed by atoms with Crippen molar-refractivity contribution >= 4 is 11.8 Å². The zero-order chi connectivity index (χ0) is 15.1. The Morgan fingerprint density at radius 2 is 2.00 bits per heavy atom. The Morgan fingerprint density at radius 3 is 2.62 bits per heavy atom. The molecule has 2 rings (SSSR count). The number of imidazole rings is 1. The van der Waals surface area contributed by atoms with Crippen LogP contribution in [0.2, 0.25) is 0 Å². The van der Waals surface area contributed by atoms with E-state index in [1.165, 1.54) is 10.5 Å². The first-order valence-electron chi connectivity index (χ1n) is 7.68. The monoisotopic (exact) mass is 303 g/mol. The minimum atomic E-state index is 0.309. The molecule has 0 saturated heterocycles. The van der Waals surface area contributed by atoms with Crippen LogP contribution in [0.15, 0.2) is 41.6 Å². The average Bonchev–Trinajstić information content (AvgIpc) is 2.94. The minimum absolute atomic E-state index is 0.309. The van der Waals surface area contributed by atoms with E-state index in [9.17, 15) is 0 Å². The number of benzene rings is 1. The molecule has 4 heteroatoms. The van der Waals surface area contributed by atoms with E-state index in [2.05, 4.69) is 59.2 Å². The molecule has 1 aromatic carbocycles. The lowest BCUT2D eigenvalue weighted by molar-refractivity contribution is 0.543. The predicted molar refractivity (Wildman–Crippen MR) is 90.9 cm³/mol. The Morgan fingerprint density at radius 1 is 1.24 bits per heavy atom. The number of aryl methyl sites for hydroxylation is 1. The van der Waals surface area contributed by atoms with Gasteiger partial charge in [0.15, 0.2) is 0 Å². The molecule has 2 aromatic rings. The van der Waals surface area contributed by atoms with E-state index in [1.54, 1.807) is 0 Å². The number of rotatable bonds is 8. The van der Waals surface area contributed by atoms with Crippen LogP contribution in [-0.2, 0) is 13.0 Å². The summed E-state index contributed by atoms with van der Waals surface area (Å²) in [6, 6.07) is 9.20. The minimum Gasteiger partial charge on any atom is -0.335 e. The molecule has 0 spiro atoms. The highest BCUT2D eigenvalue weighted by Crippen LogP contribution is 2.22. The number of nitrogens with one attached hydrogen (secondary N) is 1. The van der Waals surface area contributed by atoms with Crippen molar-refractivity contribution < 1.29 is 0 Å². The van der Waals surface area contributed by atoms with Crippen LogP contribution in [0.3, 0.4) is 0 Å². The lowest BCUT2D eigenvalue weighted by Crippen LogP contribution is -2.20. The largest absolute Gasteiger partial charge is 0.335 e. The van der Waals surface area contributed by atoms with Gasteiger partial charge in [0, 0.05) is 36.3 Å². The van der Waals surface area contributed by atoms with Crippen molar-refractivity contribution in [2.75, 3.05) is 12.8 Å². The van der Waals surface area contributed by atoms with Crippen LogP contribution in [0.5, 0.6) is 0 Å². The molecule has 0 saturated carbocycles. The second-order valence-electron chi connectivity index (χ2n) is 5.08. The molecule has 0 aliphatic heterocycles. The van der Waals surface area contributed by atoms with Gasteiger partial charge in [-0.15, -0.1) is 11.8 Å². The molecule has 114 valence electrons. The number of nitrogens with zero attached hydrogens (tertiary/aromatic N) is 2. The molecule has 0 aliphatic rings. The number of hydrogen-bond acceptors (Lipinski definition) is 3. The van der Waals surface area contributed by atoms with E-state index in [4.69, 9.17) is 0 Å². The molecule has 21 heavy (non-hydrogen) atoms. The molecule has 1 atom stereocenters. The summed E-state index contributed by atoms with van der Waals surface area (Å²) in [6.45, 7) is 5.42. The Hall–Kier alpha value is -1.26. The second kappa shape index (κ2) is 8.25. The average molecular weight is 303 g/mol. The molecule has 0 bridgehead atoms. The molecule has 1 N–H and O–H groups in total. The molecule has 0 fully saturated rings. The summed E-state index contributed by atoms with van der Waals surface area (Å²) in [4.78, 5) is 5.85. The van der Waals surface area contributed by atoms with Crippen molar-refractivity contribution in [2.24, 2.45) is 0 Å². The van der Waals surface area contributed by atoms with Crippen molar-refractivity contribution in [3.8, 4) is 0 Å². The summed E-state index contributed by atoms with van der Waals surface area (Å²) < 4.78 is 2.26. The molecule has 1 heterocycles. The van der Waals surface area contributed by atoms with Gasteiger partial charge in [-0.05, 0) is 36.9 Å². The molecular weight excluding hydrogens is 278 g/mol. The second-order valence-corrected chi connectivity index (χ2v) is 6.42. The quantitative estimate of drug-likeness (QED) is 0.750. The highest BCUT2D eigenvalue weighted by Gasteiger charge is 2.13. The Bertz CT molecular complexity index is 533. The number of hydrogen-bond donors (Lipinski definition) is 1.